The van der Waals surface area contributed by atoms with Crippen molar-refractivity contribution in [3.63, 3.8) is 0 Å². The van der Waals surface area contributed by atoms with Gasteiger partial charge < -0.3 is 4.90 Å². The highest BCUT2D eigenvalue weighted by atomic mass is 32.1. The van der Waals surface area contributed by atoms with E-state index in [9.17, 15) is 4.79 Å². The van der Waals surface area contributed by atoms with Gasteiger partial charge in [-0.3, -0.25) is 4.79 Å². The fraction of sp³-hybridized carbons (Fsp3) is 0.750. The van der Waals surface area contributed by atoms with Gasteiger partial charge in [-0.1, -0.05) is 0 Å². The van der Waals surface area contributed by atoms with Gasteiger partial charge in [0.15, 0.2) is 5.78 Å². The van der Waals surface area contributed by atoms with Crippen molar-refractivity contribution in [2.45, 2.75) is 51.0 Å². The van der Waals surface area contributed by atoms with Gasteiger partial charge in [0.25, 0.3) is 0 Å². The van der Waals surface area contributed by atoms with Crippen molar-refractivity contribution in [3.8, 4) is 0 Å². The summed E-state index contributed by atoms with van der Waals surface area (Å²) >= 11 is 1.46. The third kappa shape index (κ3) is 2.20. The highest BCUT2D eigenvalue weighted by molar-refractivity contribution is 7.09. The standard InChI is InChI=1S/C12H17N3OS/c1-8(16)10-4-2-3-7-15(10)12-13-11(14-17-12)9-5-6-9/h9-10H,2-7H2,1H3. The maximum absolute atomic E-state index is 11.7. The second-order valence-corrected chi connectivity index (χ2v) is 5.76. The van der Waals surface area contributed by atoms with Crippen molar-refractivity contribution in [1.82, 2.24) is 9.36 Å². The number of Topliss-reactive ketones (excluding diaryl/α,β-unsaturated/α-hetero) is 1. The van der Waals surface area contributed by atoms with Crippen LogP contribution >= 0.6 is 11.5 Å². The zero-order valence-electron chi connectivity index (χ0n) is 10.1. The number of nitrogens with zero attached hydrogens (tertiary/aromatic N) is 3. The quantitative estimate of drug-likeness (QED) is 0.827. The van der Waals surface area contributed by atoms with Crippen LogP contribution in [0.3, 0.4) is 0 Å². The average molecular weight is 251 g/mol. The molecule has 2 fully saturated rings. The summed E-state index contributed by atoms with van der Waals surface area (Å²) in [6.45, 7) is 2.63. The summed E-state index contributed by atoms with van der Waals surface area (Å²) in [5.41, 5.74) is 0. The summed E-state index contributed by atoms with van der Waals surface area (Å²) in [5.74, 6) is 1.85. The molecule has 1 aliphatic carbocycles. The smallest absolute Gasteiger partial charge is 0.205 e. The molecule has 1 aromatic heterocycles. The first-order valence-electron chi connectivity index (χ1n) is 6.36. The van der Waals surface area contributed by atoms with E-state index < -0.39 is 0 Å². The Balaban J connectivity index is 1.81. The summed E-state index contributed by atoms with van der Waals surface area (Å²) in [6, 6.07) is 0.0313. The van der Waals surface area contributed by atoms with Gasteiger partial charge in [-0.2, -0.15) is 4.37 Å². The number of hydrogen-bond donors (Lipinski definition) is 0. The van der Waals surface area contributed by atoms with Crippen LogP contribution < -0.4 is 4.90 Å². The molecule has 1 saturated heterocycles. The molecule has 3 rings (SSSR count). The lowest BCUT2D eigenvalue weighted by atomic mass is 10.00. The molecule has 1 unspecified atom stereocenters. The van der Waals surface area contributed by atoms with Crippen molar-refractivity contribution >= 4 is 22.4 Å². The molecule has 5 heteroatoms. The van der Waals surface area contributed by atoms with Gasteiger partial charge in [0.1, 0.15) is 5.82 Å². The molecule has 0 radical (unpaired) electrons. The Morgan fingerprint density at radius 2 is 2.18 bits per heavy atom. The maximum atomic E-state index is 11.7. The van der Waals surface area contributed by atoms with Crippen molar-refractivity contribution in [2.24, 2.45) is 0 Å². The van der Waals surface area contributed by atoms with Gasteiger partial charge >= 0.3 is 0 Å². The highest BCUT2D eigenvalue weighted by Crippen LogP contribution is 2.40. The Bertz CT molecular complexity index is 427. The first-order chi connectivity index (χ1) is 8.25. The van der Waals surface area contributed by atoms with E-state index in [0.29, 0.717) is 5.92 Å². The Hall–Kier alpha value is -0.970. The number of aromatic nitrogens is 2. The fourth-order valence-corrected chi connectivity index (χ4v) is 3.26. The van der Waals surface area contributed by atoms with E-state index in [0.717, 1.165) is 36.8 Å². The lowest BCUT2D eigenvalue weighted by Crippen LogP contribution is -2.43. The van der Waals surface area contributed by atoms with E-state index in [1.54, 1.807) is 6.92 Å². The monoisotopic (exact) mass is 251 g/mol. The number of ketones is 1. The second-order valence-electron chi connectivity index (χ2n) is 5.03. The highest BCUT2D eigenvalue weighted by Gasteiger charge is 2.32. The predicted octanol–water partition coefficient (Wildman–Crippen LogP) is 2.36. The minimum absolute atomic E-state index is 0.0313. The first-order valence-corrected chi connectivity index (χ1v) is 7.14. The minimum atomic E-state index is 0.0313. The van der Waals surface area contributed by atoms with Gasteiger partial charge in [0.2, 0.25) is 5.13 Å². The van der Waals surface area contributed by atoms with Crippen LogP contribution in [0.5, 0.6) is 0 Å². The van der Waals surface area contributed by atoms with E-state index in [1.807, 2.05) is 0 Å². The molecule has 0 spiro atoms. The van der Waals surface area contributed by atoms with Crippen LogP contribution in [0.1, 0.15) is 50.8 Å². The molecule has 92 valence electrons. The van der Waals surface area contributed by atoms with Gasteiger partial charge in [-0.25, -0.2) is 4.98 Å². The van der Waals surface area contributed by atoms with Crippen molar-refractivity contribution in [2.75, 3.05) is 11.4 Å². The molecule has 0 N–H and O–H groups in total. The average Bonchev–Trinajstić information content (AvgIpc) is 3.07. The molecule has 1 aromatic rings. The van der Waals surface area contributed by atoms with E-state index in [4.69, 9.17) is 0 Å². The molecule has 0 amide bonds. The lowest BCUT2D eigenvalue weighted by molar-refractivity contribution is -0.118. The first kappa shape index (κ1) is 11.1. The topological polar surface area (TPSA) is 46.1 Å². The van der Waals surface area contributed by atoms with Gasteiger partial charge in [-0.15, -0.1) is 0 Å². The molecular formula is C12H17N3OS. The van der Waals surface area contributed by atoms with Crippen LogP contribution in [-0.2, 0) is 4.79 Å². The molecule has 2 heterocycles. The molecule has 1 atom stereocenters. The predicted molar refractivity (Wildman–Crippen MR) is 67.6 cm³/mol. The third-order valence-corrected chi connectivity index (χ3v) is 4.36. The molecule has 2 aliphatic rings. The Morgan fingerprint density at radius 1 is 1.35 bits per heavy atom. The summed E-state index contributed by atoms with van der Waals surface area (Å²) in [7, 11) is 0. The zero-order valence-corrected chi connectivity index (χ0v) is 10.9. The molecular weight excluding hydrogens is 234 g/mol. The van der Waals surface area contributed by atoms with E-state index in [-0.39, 0.29) is 11.8 Å². The second kappa shape index (κ2) is 4.37. The summed E-state index contributed by atoms with van der Waals surface area (Å²) in [6.07, 6.45) is 5.73. The molecule has 1 saturated carbocycles. The van der Waals surface area contributed by atoms with Gasteiger partial charge in [0.05, 0.1) is 6.04 Å². The molecule has 0 bridgehead atoms. The van der Waals surface area contributed by atoms with Crippen LogP contribution in [0, 0.1) is 0 Å². The van der Waals surface area contributed by atoms with Crippen molar-refractivity contribution in [3.05, 3.63) is 5.82 Å². The number of carbonyl (C=O) groups excluding carboxylic acids is 1. The van der Waals surface area contributed by atoms with Crippen LogP contribution in [0.15, 0.2) is 0 Å². The van der Waals surface area contributed by atoms with Crippen molar-refractivity contribution < 1.29 is 4.79 Å². The molecule has 0 aromatic carbocycles. The van der Waals surface area contributed by atoms with Crippen LogP contribution in [0.4, 0.5) is 5.13 Å². The Kier molecular flexibility index (Phi) is 2.86. The van der Waals surface area contributed by atoms with Crippen LogP contribution in [0.25, 0.3) is 0 Å². The Morgan fingerprint density at radius 3 is 2.88 bits per heavy atom. The van der Waals surface area contributed by atoms with E-state index >= 15 is 0 Å². The number of rotatable bonds is 3. The van der Waals surface area contributed by atoms with E-state index in [1.165, 1.54) is 24.4 Å². The van der Waals surface area contributed by atoms with Gasteiger partial charge in [0, 0.05) is 24.0 Å². The number of anilines is 1. The normalized spacial score (nSPS) is 25.0. The third-order valence-electron chi connectivity index (χ3n) is 3.59. The lowest BCUT2D eigenvalue weighted by Gasteiger charge is -2.33. The summed E-state index contributed by atoms with van der Waals surface area (Å²) in [5, 5.41) is 0.951. The van der Waals surface area contributed by atoms with Gasteiger partial charge in [-0.05, 0) is 39.0 Å². The SMILES string of the molecule is CC(=O)C1CCCCN1c1nc(C2CC2)ns1. The minimum Gasteiger partial charge on any atom is -0.337 e. The Labute approximate surface area is 105 Å². The number of piperidine rings is 1. The number of carbonyl (C=O) groups is 1. The molecule has 1 aliphatic heterocycles. The van der Waals surface area contributed by atoms with E-state index in [2.05, 4.69) is 14.3 Å². The van der Waals surface area contributed by atoms with Crippen LogP contribution in [0.2, 0.25) is 0 Å². The molecule has 4 nitrogen and oxygen atoms in total. The summed E-state index contributed by atoms with van der Waals surface area (Å²) in [4.78, 5) is 18.4. The van der Waals surface area contributed by atoms with Crippen molar-refractivity contribution in [1.29, 1.82) is 0 Å². The van der Waals surface area contributed by atoms with Crippen LogP contribution in [-0.4, -0.2) is 27.7 Å². The number of hydrogen-bond acceptors (Lipinski definition) is 5. The zero-order chi connectivity index (χ0) is 11.8. The molecule has 17 heavy (non-hydrogen) atoms. The fourth-order valence-electron chi connectivity index (χ4n) is 2.43. The summed E-state index contributed by atoms with van der Waals surface area (Å²) < 4.78 is 4.42. The maximum Gasteiger partial charge on any atom is 0.205 e. The largest absolute Gasteiger partial charge is 0.337 e.